The maximum Gasteiger partial charge on any atom is 0.192 e. The summed E-state index contributed by atoms with van der Waals surface area (Å²) < 4.78 is 29.3. The van der Waals surface area contributed by atoms with E-state index in [1.54, 1.807) is 0 Å². The van der Waals surface area contributed by atoms with E-state index >= 15 is 0 Å². The van der Waals surface area contributed by atoms with E-state index < -0.39 is 33.5 Å². The lowest BCUT2D eigenvalue weighted by Crippen LogP contribution is -2.54. The van der Waals surface area contributed by atoms with Gasteiger partial charge in [0.05, 0.1) is 13.2 Å². The van der Waals surface area contributed by atoms with Gasteiger partial charge in [-0.1, -0.05) is 65.8 Å². The topological polar surface area (TPSA) is 53.5 Å². The van der Waals surface area contributed by atoms with Crippen LogP contribution in [-0.4, -0.2) is 32.5 Å². The molecule has 2 atom stereocenters. The number of hydrogen-bond acceptors (Lipinski definition) is 4. The third-order valence-electron chi connectivity index (χ3n) is 7.37. The van der Waals surface area contributed by atoms with Crippen molar-refractivity contribution >= 4 is 28.0 Å². The van der Waals surface area contributed by atoms with Crippen LogP contribution in [0.4, 0.5) is 0 Å². The molecule has 0 aromatic heterocycles. The molecule has 0 saturated heterocycles. The lowest BCUT2D eigenvalue weighted by Gasteiger charge is -2.41. The molecule has 0 saturated carbocycles. The second kappa shape index (κ2) is 10.4. The van der Waals surface area contributed by atoms with Gasteiger partial charge in [-0.25, -0.2) is 0 Å². The van der Waals surface area contributed by atoms with Crippen molar-refractivity contribution in [2.75, 3.05) is 6.61 Å². The summed E-state index contributed by atoms with van der Waals surface area (Å²) in [5.41, 5.74) is 1.63. The Morgan fingerprint density at radius 3 is 1.76 bits per heavy atom. The highest BCUT2D eigenvalue weighted by Gasteiger charge is 2.43. The van der Waals surface area contributed by atoms with Crippen LogP contribution in [0.15, 0.2) is 24.3 Å². The van der Waals surface area contributed by atoms with Crippen LogP contribution in [0.2, 0.25) is 36.3 Å². The van der Waals surface area contributed by atoms with Gasteiger partial charge in [0.1, 0.15) is 10.3 Å². The van der Waals surface area contributed by atoms with Crippen molar-refractivity contribution in [2.24, 2.45) is 0 Å². The van der Waals surface area contributed by atoms with Gasteiger partial charge >= 0.3 is 0 Å². The second-order valence-corrected chi connectivity index (χ2v) is 25.2. The van der Waals surface area contributed by atoms with Gasteiger partial charge in [0.2, 0.25) is 0 Å². The number of nitrogens with one attached hydrogen (secondary N) is 1. The summed E-state index contributed by atoms with van der Waals surface area (Å²) in [6.07, 6.45) is 0. The molecule has 0 aliphatic heterocycles. The first-order valence-corrected chi connectivity index (χ1v) is 19.1. The van der Waals surface area contributed by atoms with E-state index in [1.807, 2.05) is 20.8 Å². The van der Waals surface area contributed by atoms with Crippen molar-refractivity contribution in [3.05, 3.63) is 35.4 Å². The molecule has 0 heterocycles. The van der Waals surface area contributed by atoms with Crippen molar-refractivity contribution in [1.82, 2.24) is 4.72 Å². The smallest absolute Gasteiger partial charge is 0.192 e. The number of benzene rings is 1. The van der Waals surface area contributed by atoms with Crippen LogP contribution in [0.25, 0.3) is 0 Å². The predicted octanol–water partition coefficient (Wildman–Crippen LogP) is 7.50. The number of rotatable bonds is 9. The molecule has 1 aromatic rings. The van der Waals surface area contributed by atoms with Crippen molar-refractivity contribution in [1.29, 1.82) is 0 Å². The summed E-state index contributed by atoms with van der Waals surface area (Å²) in [5, 5.41) is 0.275. The molecule has 1 N–H and O–H groups in total. The molecule has 0 fully saturated rings. The normalized spacial score (nSPS) is 17.1. The summed E-state index contributed by atoms with van der Waals surface area (Å²) >= 11 is -1.23. The molecule has 33 heavy (non-hydrogen) atoms. The van der Waals surface area contributed by atoms with Gasteiger partial charge in [-0.15, -0.1) is 4.72 Å². The molecule has 1 rings (SSSR count). The van der Waals surface area contributed by atoms with Crippen LogP contribution in [0, 0.1) is 0 Å². The van der Waals surface area contributed by atoms with Crippen molar-refractivity contribution < 1.29 is 13.4 Å². The molecule has 1 aromatic carbocycles. The quantitative estimate of drug-likeness (QED) is 0.274. The van der Waals surface area contributed by atoms with E-state index in [2.05, 4.69) is 104 Å². The van der Waals surface area contributed by atoms with Gasteiger partial charge in [0.15, 0.2) is 16.6 Å². The maximum absolute atomic E-state index is 13.2. The first-order valence-electron chi connectivity index (χ1n) is 12.1. The Bertz CT molecular complexity index is 779. The van der Waals surface area contributed by atoms with E-state index in [4.69, 9.17) is 8.85 Å². The van der Waals surface area contributed by atoms with Crippen LogP contribution in [-0.2, 0) is 32.4 Å². The lowest BCUT2D eigenvalue weighted by molar-refractivity contribution is 0.198. The zero-order valence-corrected chi connectivity index (χ0v) is 26.7. The highest BCUT2D eigenvalue weighted by Crippen LogP contribution is 2.39. The first-order chi connectivity index (χ1) is 14.5. The second-order valence-electron chi connectivity index (χ2n) is 13.6. The average Bonchev–Trinajstić information content (AvgIpc) is 2.62. The van der Waals surface area contributed by atoms with Crippen molar-refractivity contribution in [3.63, 3.8) is 0 Å². The van der Waals surface area contributed by atoms with E-state index in [0.717, 1.165) is 11.1 Å². The monoisotopic (exact) mass is 513 g/mol. The molecule has 0 aliphatic rings. The maximum atomic E-state index is 13.2. The molecule has 0 bridgehead atoms. The minimum atomic E-state index is -1.98. The molecule has 1 unspecified atom stereocenters. The summed E-state index contributed by atoms with van der Waals surface area (Å²) in [5.74, 6) is 0. The van der Waals surface area contributed by atoms with E-state index in [-0.39, 0.29) is 14.8 Å². The molecule has 7 heteroatoms. The molecular formula is C26H51NO3SSi2. The molecule has 192 valence electrons. The van der Waals surface area contributed by atoms with Gasteiger partial charge in [0, 0.05) is 11.4 Å². The third kappa shape index (κ3) is 8.48. The van der Waals surface area contributed by atoms with Gasteiger partial charge < -0.3 is 13.4 Å². The summed E-state index contributed by atoms with van der Waals surface area (Å²) in [4.78, 5) is 0. The van der Waals surface area contributed by atoms with Gasteiger partial charge in [-0.3, -0.25) is 0 Å². The highest BCUT2D eigenvalue weighted by atomic mass is 32.2. The lowest BCUT2D eigenvalue weighted by atomic mass is 9.93. The Balaban J connectivity index is 3.26. The highest BCUT2D eigenvalue weighted by molar-refractivity contribution is 7.90. The standard InChI is InChI=1S/C26H51NO3SSi2/c1-23(2,3)31(28)27-26(10,20-30-33(13,14)25(7,8)9)22-17-15-16-21(18-22)19-29-32(11,12)24(4,5)6/h15-18,27H,19-20H2,1-14H3/t26-,31?/m0/s1. The fourth-order valence-corrected chi connectivity index (χ4v) is 5.49. The van der Waals surface area contributed by atoms with Crippen molar-refractivity contribution in [2.45, 2.75) is 122 Å². The van der Waals surface area contributed by atoms with Crippen LogP contribution in [0.3, 0.4) is 0 Å². The average molecular weight is 514 g/mol. The van der Waals surface area contributed by atoms with Crippen LogP contribution in [0.1, 0.15) is 80.4 Å². The fraction of sp³-hybridized carbons (Fsp3) is 0.769. The molecule has 0 spiro atoms. The SMILES string of the molecule is CC(C)(C)[S+]([O-])N[C@@](C)(CO[Si](C)(C)C(C)(C)C)c1cccc(CO[Si](C)(C)C(C)(C)C)c1. The third-order valence-corrected chi connectivity index (χ3v) is 18.1. The van der Waals surface area contributed by atoms with E-state index in [0.29, 0.717) is 13.2 Å². The predicted molar refractivity (Wildman–Crippen MR) is 150 cm³/mol. The zero-order chi connectivity index (χ0) is 26.1. The Morgan fingerprint density at radius 2 is 1.30 bits per heavy atom. The largest absolute Gasteiger partial charge is 0.598 e. The van der Waals surface area contributed by atoms with Crippen LogP contribution in [0.5, 0.6) is 0 Å². The van der Waals surface area contributed by atoms with E-state index in [9.17, 15) is 4.55 Å². The summed E-state index contributed by atoms with van der Waals surface area (Å²) in [6, 6.07) is 8.49. The van der Waals surface area contributed by atoms with Gasteiger partial charge in [0.25, 0.3) is 0 Å². The summed E-state index contributed by atoms with van der Waals surface area (Å²) in [6.45, 7) is 31.8. The van der Waals surface area contributed by atoms with Crippen molar-refractivity contribution in [3.8, 4) is 0 Å². The summed E-state index contributed by atoms with van der Waals surface area (Å²) in [7, 11) is -3.82. The first kappa shape index (κ1) is 30.9. The Labute approximate surface area is 210 Å². The fourth-order valence-electron chi connectivity index (χ4n) is 2.56. The molecule has 0 amide bonds. The van der Waals surface area contributed by atoms with Gasteiger partial charge in [-0.2, -0.15) is 0 Å². The molecule has 0 aliphatic carbocycles. The molecule has 4 nitrogen and oxygen atoms in total. The van der Waals surface area contributed by atoms with Gasteiger partial charge in [-0.05, 0) is 75.1 Å². The minimum absolute atomic E-state index is 0.107. The Kier molecular flexibility index (Phi) is 9.78. The Hall–Kier alpha value is -0.156. The zero-order valence-electron chi connectivity index (χ0n) is 23.9. The van der Waals surface area contributed by atoms with E-state index in [1.165, 1.54) is 0 Å². The van der Waals surface area contributed by atoms with Crippen LogP contribution >= 0.6 is 0 Å². The molecular weight excluding hydrogens is 463 g/mol. The van der Waals surface area contributed by atoms with Crippen LogP contribution < -0.4 is 4.72 Å². The Morgan fingerprint density at radius 1 is 0.818 bits per heavy atom. The number of hydrogen-bond donors (Lipinski definition) is 1. The minimum Gasteiger partial charge on any atom is -0.598 e. The molecule has 0 radical (unpaired) electrons.